The van der Waals surface area contributed by atoms with Crippen molar-refractivity contribution < 1.29 is 0 Å². The highest BCUT2D eigenvalue weighted by Crippen LogP contribution is 2.28. The number of nitrogens with one attached hydrogen (secondary N) is 1. The smallest absolute Gasteiger partial charge is 0.138 e. The second-order valence-electron chi connectivity index (χ2n) is 4.20. The zero-order chi connectivity index (χ0) is 13.8. The van der Waals surface area contributed by atoms with Crippen LogP contribution in [0.25, 0.3) is 0 Å². The number of hydrogen-bond donors (Lipinski definition) is 1. The molecule has 102 valence electrons. The molecule has 2 rings (SSSR count). The number of rotatable bonds is 5. The fraction of sp³-hybridized carbons (Fsp3) is 0.385. The number of aromatic nitrogens is 3. The highest BCUT2D eigenvalue weighted by molar-refractivity contribution is 9.11. The van der Waals surface area contributed by atoms with Crippen molar-refractivity contribution in [2.75, 3.05) is 7.05 Å². The monoisotopic (exact) mass is 386 g/mol. The van der Waals surface area contributed by atoms with Crippen LogP contribution in [0.3, 0.4) is 0 Å². The van der Waals surface area contributed by atoms with Gasteiger partial charge in [-0.05, 0) is 37.7 Å². The maximum absolute atomic E-state index is 4.34. The van der Waals surface area contributed by atoms with Crippen LogP contribution in [0, 0.1) is 0 Å². The molecule has 1 aromatic carbocycles. The summed E-state index contributed by atoms with van der Waals surface area (Å²) in [6.45, 7) is 2.91. The van der Waals surface area contributed by atoms with Crippen molar-refractivity contribution in [2.45, 2.75) is 25.9 Å². The van der Waals surface area contributed by atoms with E-state index in [4.69, 9.17) is 0 Å². The predicted octanol–water partition coefficient (Wildman–Crippen LogP) is 3.33. The summed E-state index contributed by atoms with van der Waals surface area (Å²) in [5, 5.41) is 7.56. The molecule has 0 saturated carbocycles. The molecule has 0 aliphatic heterocycles. The van der Waals surface area contributed by atoms with Gasteiger partial charge in [0.15, 0.2) is 0 Å². The fourth-order valence-electron chi connectivity index (χ4n) is 2.04. The van der Waals surface area contributed by atoms with Gasteiger partial charge in [-0.1, -0.05) is 31.9 Å². The van der Waals surface area contributed by atoms with Crippen LogP contribution in [-0.4, -0.2) is 21.8 Å². The molecule has 0 radical (unpaired) electrons. The minimum absolute atomic E-state index is 0.196. The van der Waals surface area contributed by atoms with Gasteiger partial charge in [-0.2, -0.15) is 5.10 Å². The summed E-state index contributed by atoms with van der Waals surface area (Å²) in [5.74, 6) is 0.994. The lowest BCUT2D eigenvalue weighted by molar-refractivity contribution is 0.532. The standard InChI is InChI=1S/C13H16Br2N4/c1-3-19-13(17-8-18-19)7-12(16-2)10-6-9(14)4-5-11(10)15/h4-6,8,12,16H,3,7H2,1-2H3. The Morgan fingerprint density at radius 1 is 1.37 bits per heavy atom. The Bertz CT molecular complexity index is 553. The van der Waals surface area contributed by atoms with Crippen LogP contribution in [0.1, 0.15) is 24.4 Å². The van der Waals surface area contributed by atoms with Crippen LogP contribution in [0.15, 0.2) is 33.5 Å². The van der Waals surface area contributed by atoms with Crippen molar-refractivity contribution in [3.05, 3.63) is 44.9 Å². The minimum atomic E-state index is 0.196. The third-order valence-electron chi connectivity index (χ3n) is 3.06. The van der Waals surface area contributed by atoms with E-state index in [9.17, 15) is 0 Å². The van der Waals surface area contributed by atoms with Crippen LogP contribution in [0.5, 0.6) is 0 Å². The molecule has 1 heterocycles. The molecule has 0 bridgehead atoms. The molecule has 6 heteroatoms. The lowest BCUT2D eigenvalue weighted by atomic mass is 10.0. The van der Waals surface area contributed by atoms with Gasteiger partial charge in [-0.3, -0.25) is 4.68 Å². The van der Waals surface area contributed by atoms with Crippen LogP contribution < -0.4 is 5.32 Å². The third-order valence-corrected chi connectivity index (χ3v) is 4.28. The second-order valence-corrected chi connectivity index (χ2v) is 5.97. The molecule has 1 atom stereocenters. The van der Waals surface area contributed by atoms with Crippen molar-refractivity contribution in [1.29, 1.82) is 0 Å². The number of nitrogens with zero attached hydrogens (tertiary/aromatic N) is 3. The SMILES string of the molecule is CCn1ncnc1CC(NC)c1cc(Br)ccc1Br. The Labute approximate surface area is 129 Å². The molecule has 2 aromatic rings. The first kappa shape index (κ1) is 14.7. The zero-order valence-corrected chi connectivity index (χ0v) is 14.1. The third kappa shape index (κ3) is 3.43. The van der Waals surface area contributed by atoms with Gasteiger partial charge in [0, 0.05) is 28.0 Å². The average molecular weight is 388 g/mol. The topological polar surface area (TPSA) is 42.7 Å². The number of halogens is 2. The Hall–Kier alpha value is -0.720. The molecule has 0 spiro atoms. The Kier molecular flexibility index (Phi) is 5.13. The first-order chi connectivity index (χ1) is 9.15. The number of hydrogen-bond acceptors (Lipinski definition) is 3. The van der Waals surface area contributed by atoms with Crippen molar-refractivity contribution in [3.63, 3.8) is 0 Å². The molecule has 1 aromatic heterocycles. The van der Waals surface area contributed by atoms with Crippen LogP contribution in [0.2, 0.25) is 0 Å². The van der Waals surface area contributed by atoms with Gasteiger partial charge in [0.2, 0.25) is 0 Å². The zero-order valence-electron chi connectivity index (χ0n) is 10.9. The van der Waals surface area contributed by atoms with Crippen molar-refractivity contribution in [1.82, 2.24) is 20.1 Å². The first-order valence-electron chi connectivity index (χ1n) is 6.14. The predicted molar refractivity (Wildman–Crippen MR) is 83.0 cm³/mol. The second kappa shape index (κ2) is 6.63. The molecule has 0 fully saturated rings. The van der Waals surface area contributed by atoms with Gasteiger partial charge in [-0.15, -0.1) is 0 Å². The lowest BCUT2D eigenvalue weighted by Crippen LogP contribution is -2.21. The molecule has 0 saturated heterocycles. The molecule has 0 aliphatic carbocycles. The molecule has 0 amide bonds. The molecule has 19 heavy (non-hydrogen) atoms. The maximum atomic E-state index is 4.34. The Morgan fingerprint density at radius 3 is 2.84 bits per heavy atom. The Balaban J connectivity index is 2.27. The van der Waals surface area contributed by atoms with Crippen LogP contribution >= 0.6 is 31.9 Å². The summed E-state index contributed by atoms with van der Waals surface area (Å²) in [4.78, 5) is 4.34. The van der Waals surface area contributed by atoms with E-state index in [0.29, 0.717) is 0 Å². The summed E-state index contributed by atoms with van der Waals surface area (Å²) in [6.07, 6.45) is 2.42. The van der Waals surface area contributed by atoms with E-state index in [1.165, 1.54) is 5.56 Å². The molecule has 4 nitrogen and oxygen atoms in total. The van der Waals surface area contributed by atoms with E-state index in [1.807, 2.05) is 23.9 Å². The largest absolute Gasteiger partial charge is 0.313 e. The number of aryl methyl sites for hydroxylation is 1. The summed E-state index contributed by atoms with van der Waals surface area (Å²) in [5.41, 5.74) is 1.21. The van der Waals surface area contributed by atoms with Gasteiger partial charge in [0.25, 0.3) is 0 Å². The van der Waals surface area contributed by atoms with Crippen molar-refractivity contribution >= 4 is 31.9 Å². The minimum Gasteiger partial charge on any atom is -0.313 e. The van der Waals surface area contributed by atoms with Gasteiger partial charge in [-0.25, -0.2) is 4.98 Å². The normalized spacial score (nSPS) is 12.6. The van der Waals surface area contributed by atoms with E-state index >= 15 is 0 Å². The molecule has 1 unspecified atom stereocenters. The van der Waals surface area contributed by atoms with Crippen LogP contribution in [-0.2, 0) is 13.0 Å². The van der Waals surface area contributed by atoms with Gasteiger partial charge < -0.3 is 5.32 Å². The van der Waals surface area contributed by atoms with Crippen molar-refractivity contribution in [3.8, 4) is 0 Å². The van der Waals surface area contributed by atoms with Crippen molar-refractivity contribution in [2.24, 2.45) is 0 Å². The maximum Gasteiger partial charge on any atom is 0.138 e. The highest BCUT2D eigenvalue weighted by Gasteiger charge is 2.16. The van der Waals surface area contributed by atoms with E-state index in [-0.39, 0.29) is 6.04 Å². The van der Waals surface area contributed by atoms with E-state index in [0.717, 1.165) is 27.7 Å². The average Bonchev–Trinajstić information content (AvgIpc) is 2.86. The first-order valence-corrected chi connectivity index (χ1v) is 7.73. The summed E-state index contributed by atoms with van der Waals surface area (Å²) >= 11 is 7.13. The lowest BCUT2D eigenvalue weighted by Gasteiger charge is -2.18. The summed E-state index contributed by atoms with van der Waals surface area (Å²) < 4.78 is 4.09. The van der Waals surface area contributed by atoms with E-state index in [2.05, 4.69) is 60.2 Å². The van der Waals surface area contributed by atoms with Gasteiger partial charge in [0.05, 0.1) is 0 Å². The number of benzene rings is 1. The molecular weight excluding hydrogens is 372 g/mol. The molecule has 1 N–H and O–H groups in total. The fourth-order valence-corrected chi connectivity index (χ4v) is 2.94. The summed E-state index contributed by atoms with van der Waals surface area (Å²) in [6, 6.07) is 6.39. The quantitative estimate of drug-likeness (QED) is 0.855. The van der Waals surface area contributed by atoms with Gasteiger partial charge >= 0.3 is 0 Å². The van der Waals surface area contributed by atoms with E-state index in [1.54, 1.807) is 6.33 Å². The Morgan fingerprint density at radius 2 is 2.16 bits per heavy atom. The number of likely N-dealkylation sites (N-methyl/N-ethyl adjacent to an activating group) is 1. The summed E-state index contributed by atoms with van der Waals surface area (Å²) in [7, 11) is 1.96. The van der Waals surface area contributed by atoms with Crippen LogP contribution in [0.4, 0.5) is 0 Å². The molecule has 0 aliphatic rings. The molecular formula is C13H16Br2N4. The van der Waals surface area contributed by atoms with E-state index < -0.39 is 0 Å². The van der Waals surface area contributed by atoms with Gasteiger partial charge in [0.1, 0.15) is 12.2 Å². The highest BCUT2D eigenvalue weighted by atomic mass is 79.9.